The summed E-state index contributed by atoms with van der Waals surface area (Å²) in [5.74, 6) is -0.704. The summed E-state index contributed by atoms with van der Waals surface area (Å²) in [6, 6.07) is 0. The molecular formula is C16H29NO3. The van der Waals surface area contributed by atoms with E-state index in [1.807, 2.05) is 13.8 Å². The van der Waals surface area contributed by atoms with Crippen LogP contribution in [0.1, 0.15) is 78.1 Å². The van der Waals surface area contributed by atoms with Crippen LogP contribution >= 0.6 is 0 Å². The van der Waals surface area contributed by atoms with Crippen LogP contribution in [0.4, 0.5) is 0 Å². The summed E-state index contributed by atoms with van der Waals surface area (Å²) in [4.78, 5) is 23.5. The molecule has 1 amide bonds. The van der Waals surface area contributed by atoms with Crippen molar-refractivity contribution in [3.63, 3.8) is 0 Å². The Bertz CT molecular complexity index is 316. The topological polar surface area (TPSA) is 66.4 Å². The largest absolute Gasteiger partial charge is 0.481 e. The van der Waals surface area contributed by atoms with Gasteiger partial charge in [0.1, 0.15) is 0 Å². The smallest absolute Gasteiger partial charge is 0.305 e. The van der Waals surface area contributed by atoms with E-state index in [1.165, 1.54) is 19.3 Å². The standard InChI is InChI=1S/C16H29NO3/c1-3-16(4-2,12-14(18)19)17-15(20)13-10-8-6-5-7-9-11-13/h13H,3-12H2,1-2H3,(H,17,20)(H,18,19). The maximum atomic E-state index is 12.5. The van der Waals surface area contributed by atoms with E-state index in [0.29, 0.717) is 12.8 Å². The number of carbonyl (C=O) groups is 2. The van der Waals surface area contributed by atoms with Crippen LogP contribution in [0, 0.1) is 5.92 Å². The van der Waals surface area contributed by atoms with Crippen molar-refractivity contribution in [2.75, 3.05) is 0 Å². The van der Waals surface area contributed by atoms with Crippen molar-refractivity contribution in [1.29, 1.82) is 0 Å². The number of carboxylic acids is 1. The van der Waals surface area contributed by atoms with E-state index >= 15 is 0 Å². The Morgan fingerprint density at radius 1 is 1.05 bits per heavy atom. The van der Waals surface area contributed by atoms with Gasteiger partial charge in [-0.15, -0.1) is 0 Å². The first kappa shape index (κ1) is 17.0. The van der Waals surface area contributed by atoms with Gasteiger partial charge in [0.15, 0.2) is 0 Å². The summed E-state index contributed by atoms with van der Waals surface area (Å²) < 4.78 is 0. The molecule has 0 aliphatic heterocycles. The van der Waals surface area contributed by atoms with Crippen molar-refractivity contribution in [3.05, 3.63) is 0 Å². The van der Waals surface area contributed by atoms with Crippen LogP contribution in [0.15, 0.2) is 0 Å². The number of carbonyl (C=O) groups excluding carboxylic acids is 1. The molecule has 1 rings (SSSR count). The molecule has 0 aromatic rings. The molecule has 20 heavy (non-hydrogen) atoms. The average Bonchev–Trinajstić information content (AvgIpc) is 2.36. The number of carboxylic acid groups (broad SMARTS) is 1. The molecule has 0 heterocycles. The van der Waals surface area contributed by atoms with Gasteiger partial charge in [-0.25, -0.2) is 0 Å². The van der Waals surface area contributed by atoms with Crippen LogP contribution in [0.2, 0.25) is 0 Å². The van der Waals surface area contributed by atoms with E-state index in [4.69, 9.17) is 5.11 Å². The zero-order valence-electron chi connectivity index (χ0n) is 12.9. The molecule has 116 valence electrons. The number of hydrogen-bond acceptors (Lipinski definition) is 2. The van der Waals surface area contributed by atoms with E-state index in [9.17, 15) is 9.59 Å². The van der Waals surface area contributed by atoms with Crippen LogP contribution in [-0.4, -0.2) is 22.5 Å². The lowest BCUT2D eigenvalue weighted by Crippen LogP contribution is -2.51. The molecule has 1 fully saturated rings. The van der Waals surface area contributed by atoms with Gasteiger partial charge >= 0.3 is 5.97 Å². The van der Waals surface area contributed by atoms with Crippen molar-refractivity contribution in [2.24, 2.45) is 5.92 Å². The highest BCUT2D eigenvalue weighted by atomic mass is 16.4. The summed E-state index contributed by atoms with van der Waals surface area (Å²) in [5.41, 5.74) is -0.578. The summed E-state index contributed by atoms with van der Waals surface area (Å²) >= 11 is 0. The van der Waals surface area contributed by atoms with Crippen LogP contribution in [-0.2, 0) is 9.59 Å². The maximum Gasteiger partial charge on any atom is 0.305 e. The third-order valence-corrected chi connectivity index (χ3v) is 4.71. The number of rotatable bonds is 6. The minimum atomic E-state index is -0.841. The molecule has 0 radical (unpaired) electrons. The Balaban J connectivity index is 2.65. The highest BCUT2D eigenvalue weighted by Gasteiger charge is 2.33. The second-order valence-electron chi connectivity index (χ2n) is 6.09. The molecule has 0 aromatic carbocycles. The minimum absolute atomic E-state index is 0.0124. The fourth-order valence-corrected chi connectivity index (χ4v) is 3.09. The molecule has 1 aliphatic rings. The molecule has 0 atom stereocenters. The molecule has 0 spiro atoms. The highest BCUT2D eigenvalue weighted by molar-refractivity contribution is 5.80. The van der Waals surface area contributed by atoms with Crippen LogP contribution < -0.4 is 5.32 Å². The number of amides is 1. The Morgan fingerprint density at radius 3 is 2.00 bits per heavy atom. The Hall–Kier alpha value is -1.06. The first-order chi connectivity index (χ1) is 9.53. The van der Waals surface area contributed by atoms with E-state index in [1.54, 1.807) is 0 Å². The molecule has 2 N–H and O–H groups in total. The van der Waals surface area contributed by atoms with Crippen molar-refractivity contribution >= 4 is 11.9 Å². The lowest BCUT2D eigenvalue weighted by molar-refractivity contribution is -0.139. The van der Waals surface area contributed by atoms with Gasteiger partial charge in [0.25, 0.3) is 0 Å². The molecule has 4 heteroatoms. The quantitative estimate of drug-likeness (QED) is 0.784. The van der Waals surface area contributed by atoms with Gasteiger partial charge < -0.3 is 10.4 Å². The molecule has 0 unspecified atom stereocenters. The number of aliphatic carboxylic acids is 1. The van der Waals surface area contributed by atoms with Crippen molar-refractivity contribution in [1.82, 2.24) is 5.32 Å². The van der Waals surface area contributed by atoms with Gasteiger partial charge in [0.2, 0.25) is 5.91 Å². The first-order valence-corrected chi connectivity index (χ1v) is 8.07. The van der Waals surface area contributed by atoms with E-state index in [0.717, 1.165) is 25.7 Å². The zero-order valence-corrected chi connectivity index (χ0v) is 12.9. The fraction of sp³-hybridized carbons (Fsp3) is 0.875. The van der Waals surface area contributed by atoms with Gasteiger partial charge in [-0.3, -0.25) is 9.59 Å². The Kier molecular flexibility index (Phi) is 7.03. The molecule has 0 bridgehead atoms. The van der Waals surface area contributed by atoms with Gasteiger partial charge in [0.05, 0.1) is 6.42 Å². The summed E-state index contributed by atoms with van der Waals surface area (Å²) in [5, 5.41) is 12.1. The first-order valence-electron chi connectivity index (χ1n) is 8.07. The second-order valence-corrected chi connectivity index (χ2v) is 6.09. The summed E-state index contributed by atoms with van der Waals surface area (Å²) in [6.45, 7) is 3.90. The maximum absolute atomic E-state index is 12.5. The third kappa shape index (κ3) is 5.14. The van der Waals surface area contributed by atoms with Crippen molar-refractivity contribution < 1.29 is 14.7 Å². The lowest BCUT2D eigenvalue weighted by atomic mass is 9.86. The van der Waals surface area contributed by atoms with Crippen molar-refractivity contribution in [2.45, 2.75) is 83.6 Å². The van der Waals surface area contributed by atoms with Gasteiger partial charge in [-0.05, 0) is 25.7 Å². The highest BCUT2D eigenvalue weighted by Crippen LogP contribution is 2.25. The fourth-order valence-electron chi connectivity index (χ4n) is 3.09. The van der Waals surface area contributed by atoms with Gasteiger partial charge in [-0.1, -0.05) is 46.0 Å². The Morgan fingerprint density at radius 2 is 1.55 bits per heavy atom. The monoisotopic (exact) mass is 283 g/mol. The number of hydrogen-bond donors (Lipinski definition) is 2. The predicted octanol–water partition coefficient (Wildman–Crippen LogP) is 3.50. The molecule has 0 saturated heterocycles. The second kappa shape index (κ2) is 8.28. The van der Waals surface area contributed by atoms with Crippen LogP contribution in [0.3, 0.4) is 0 Å². The molecule has 1 aliphatic carbocycles. The van der Waals surface area contributed by atoms with Crippen molar-refractivity contribution in [3.8, 4) is 0 Å². The number of nitrogens with one attached hydrogen (secondary N) is 1. The van der Waals surface area contributed by atoms with E-state index in [-0.39, 0.29) is 18.2 Å². The lowest BCUT2D eigenvalue weighted by Gasteiger charge is -2.33. The molecular weight excluding hydrogens is 254 g/mol. The molecule has 4 nitrogen and oxygen atoms in total. The van der Waals surface area contributed by atoms with Crippen LogP contribution in [0.25, 0.3) is 0 Å². The summed E-state index contributed by atoms with van der Waals surface area (Å²) in [7, 11) is 0. The third-order valence-electron chi connectivity index (χ3n) is 4.71. The molecule has 1 saturated carbocycles. The average molecular weight is 283 g/mol. The van der Waals surface area contributed by atoms with E-state index in [2.05, 4.69) is 5.32 Å². The zero-order chi connectivity index (χ0) is 15.0. The predicted molar refractivity (Wildman–Crippen MR) is 79.5 cm³/mol. The SMILES string of the molecule is CCC(CC)(CC(=O)O)NC(=O)C1CCCCCCC1. The van der Waals surface area contributed by atoms with Gasteiger partial charge in [-0.2, -0.15) is 0 Å². The van der Waals surface area contributed by atoms with Gasteiger partial charge in [0, 0.05) is 11.5 Å². The van der Waals surface area contributed by atoms with Crippen LogP contribution in [0.5, 0.6) is 0 Å². The Labute approximate surface area is 122 Å². The van der Waals surface area contributed by atoms with E-state index < -0.39 is 11.5 Å². The minimum Gasteiger partial charge on any atom is -0.481 e. The molecule has 0 aromatic heterocycles. The summed E-state index contributed by atoms with van der Waals surface area (Å²) in [6.07, 6.45) is 9.16. The normalized spacial score (nSPS) is 18.1.